The molecule has 0 radical (unpaired) electrons. The number of halogens is 6. The lowest BCUT2D eigenvalue weighted by Gasteiger charge is -2.31. The molecule has 0 rings (SSSR count). The van der Waals surface area contributed by atoms with Gasteiger partial charge < -0.3 is 9.47 Å². The third kappa shape index (κ3) is 4.89. The summed E-state index contributed by atoms with van der Waals surface area (Å²) in [5.41, 5.74) is 0. The molecule has 0 heterocycles. The van der Waals surface area contributed by atoms with E-state index < -0.39 is 40.2 Å². The summed E-state index contributed by atoms with van der Waals surface area (Å²) in [5.74, 6) is -2.28. The molecular weight excluding hydrogens is 335 g/mol. The molecule has 0 fully saturated rings. The smallest absolute Gasteiger partial charge is 0.421 e. The third-order valence-electron chi connectivity index (χ3n) is 2.12. The standard InChI is InChI=1S/C9H10Cl3F3O4/c1-18-5(16)3-7(10,6(17)19-2)4-8(11,12)9(13,14)15/h3-4H2,1-2H3. The second-order valence-electron chi connectivity index (χ2n) is 3.59. The summed E-state index contributed by atoms with van der Waals surface area (Å²) in [6.45, 7) is 0. The van der Waals surface area contributed by atoms with Crippen molar-refractivity contribution in [1.82, 2.24) is 0 Å². The Morgan fingerprint density at radius 2 is 1.53 bits per heavy atom. The Balaban J connectivity index is 5.29. The topological polar surface area (TPSA) is 52.6 Å². The average molecular weight is 346 g/mol. The Hall–Kier alpha value is -0.400. The molecule has 1 atom stereocenters. The molecule has 0 aromatic carbocycles. The van der Waals surface area contributed by atoms with Crippen LogP contribution in [0.5, 0.6) is 0 Å². The number of carbonyl (C=O) groups is 2. The van der Waals surface area contributed by atoms with Crippen molar-refractivity contribution in [2.24, 2.45) is 0 Å². The number of alkyl halides is 6. The highest BCUT2D eigenvalue weighted by Crippen LogP contribution is 2.47. The van der Waals surface area contributed by atoms with Gasteiger partial charge in [-0.3, -0.25) is 9.59 Å². The fraction of sp³-hybridized carbons (Fsp3) is 0.778. The van der Waals surface area contributed by atoms with E-state index in [0.29, 0.717) is 0 Å². The molecule has 0 saturated heterocycles. The van der Waals surface area contributed by atoms with E-state index in [1.54, 1.807) is 0 Å². The van der Waals surface area contributed by atoms with Crippen LogP contribution in [-0.2, 0) is 19.1 Å². The molecule has 1 unspecified atom stereocenters. The molecule has 4 nitrogen and oxygen atoms in total. The lowest BCUT2D eigenvalue weighted by Crippen LogP contribution is -2.46. The fourth-order valence-electron chi connectivity index (χ4n) is 1.14. The summed E-state index contributed by atoms with van der Waals surface area (Å²) < 4.78 is 42.9. The second-order valence-corrected chi connectivity index (χ2v) is 5.80. The molecular formula is C9H10Cl3F3O4. The average Bonchev–Trinajstić information content (AvgIpc) is 2.25. The summed E-state index contributed by atoms with van der Waals surface area (Å²) in [6.07, 6.45) is -7.18. The van der Waals surface area contributed by atoms with Gasteiger partial charge in [0.15, 0.2) is 4.87 Å². The van der Waals surface area contributed by atoms with Gasteiger partial charge in [-0.2, -0.15) is 13.2 Å². The normalized spacial score (nSPS) is 15.6. The van der Waals surface area contributed by atoms with E-state index in [2.05, 4.69) is 9.47 Å². The number of carbonyl (C=O) groups excluding carboxylic acids is 2. The zero-order valence-electron chi connectivity index (χ0n) is 9.81. The van der Waals surface area contributed by atoms with Gasteiger partial charge in [-0.25, -0.2) is 0 Å². The maximum atomic E-state index is 12.6. The van der Waals surface area contributed by atoms with Gasteiger partial charge in [0.2, 0.25) is 4.33 Å². The first-order chi connectivity index (χ1) is 8.39. The molecule has 0 aliphatic heterocycles. The van der Waals surface area contributed by atoms with Gasteiger partial charge >= 0.3 is 18.1 Å². The van der Waals surface area contributed by atoms with Crippen molar-refractivity contribution in [3.8, 4) is 0 Å². The zero-order valence-corrected chi connectivity index (χ0v) is 12.1. The Morgan fingerprint density at radius 1 is 1.05 bits per heavy atom. The minimum Gasteiger partial charge on any atom is -0.469 e. The van der Waals surface area contributed by atoms with Crippen LogP contribution in [0.15, 0.2) is 0 Å². The second kappa shape index (κ2) is 6.37. The van der Waals surface area contributed by atoms with Crippen molar-refractivity contribution in [1.29, 1.82) is 0 Å². The third-order valence-corrected chi connectivity index (χ3v) is 3.24. The summed E-state index contributed by atoms with van der Waals surface area (Å²) >= 11 is 16.0. The van der Waals surface area contributed by atoms with E-state index in [1.165, 1.54) is 0 Å². The summed E-state index contributed by atoms with van der Waals surface area (Å²) in [6, 6.07) is 0. The number of esters is 2. The molecule has 0 aliphatic rings. The maximum Gasteiger partial charge on any atom is 0.421 e. The Morgan fingerprint density at radius 3 is 1.84 bits per heavy atom. The van der Waals surface area contributed by atoms with Crippen LogP contribution >= 0.6 is 34.8 Å². The highest BCUT2D eigenvalue weighted by molar-refractivity contribution is 6.50. The molecule has 0 saturated carbocycles. The fourth-order valence-corrected chi connectivity index (χ4v) is 2.12. The van der Waals surface area contributed by atoms with Crippen LogP contribution in [0.4, 0.5) is 13.2 Å². The lowest BCUT2D eigenvalue weighted by molar-refractivity contribution is -0.157. The molecule has 112 valence electrons. The summed E-state index contributed by atoms with van der Waals surface area (Å²) in [5, 5.41) is 0. The molecule has 0 aromatic heterocycles. The van der Waals surface area contributed by atoms with Gasteiger partial charge in [0.1, 0.15) is 0 Å². The largest absolute Gasteiger partial charge is 0.469 e. The van der Waals surface area contributed by atoms with Gasteiger partial charge in [-0.05, 0) is 0 Å². The molecule has 0 aromatic rings. The number of hydrogen-bond acceptors (Lipinski definition) is 4. The van der Waals surface area contributed by atoms with Crippen molar-refractivity contribution >= 4 is 46.7 Å². The maximum absolute atomic E-state index is 12.6. The number of hydrogen-bond donors (Lipinski definition) is 0. The quantitative estimate of drug-likeness (QED) is 0.568. The minimum absolute atomic E-state index is 0.866. The number of ether oxygens (including phenoxy) is 2. The van der Waals surface area contributed by atoms with E-state index in [9.17, 15) is 22.8 Å². The Kier molecular flexibility index (Phi) is 6.23. The molecule has 0 aliphatic carbocycles. The first kappa shape index (κ1) is 18.6. The van der Waals surface area contributed by atoms with E-state index in [1.807, 2.05) is 0 Å². The summed E-state index contributed by atoms with van der Waals surface area (Å²) in [7, 11) is 1.88. The molecule has 0 N–H and O–H groups in total. The zero-order chi connectivity index (χ0) is 15.5. The van der Waals surface area contributed by atoms with E-state index >= 15 is 0 Å². The van der Waals surface area contributed by atoms with Crippen molar-refractivity contribution < 1.29 is 32.2 Å². The molecule has 10 heteroatoms. The first-order valence-corrected chi connectivity index (χ1v) is 5.81. The van der Waals surface area contributed by atoms with E-state index in [4.69, 9.17) is 34.8 Å². The number of methoxy groups -OCH3 is 2. The van der Waals surface area contributed by atoms with Crippen LogP contribution in [0.25, 0.3) is 0 Å². The van der Waals surface area contributed by atoms with Gasteiger partial charge in [0.05, 0.1) is 20.6 Å². The van der Waals surface area contributed by atoms with Crippen LogP contribution in [0.3, 0.4) is 0 Å². The molecule has 19 heavy (non-hydrogen) atoms. The van der Waals surface area contributed by atoms with E-state index in [0.717, 1.165) is 14.2 Å². The Labute approximate surface area is 122 Å². The SMILES string of the molecule is COC(=O)CC(Cl)(CC(Cl)(Cl)C(F)(F)F)C(=O)OC. The first-order valence-electron chi connectivity index (χ1n) is 4.68. The highest BCUT2D eigenvalue weighted by Gasteiger charge is 2.59. The Bertz CT molecular complexity index is 359. The van der Waals surface area contributed by atoms with Gasteiger partial charge in [-0.1, -0.05) is 23.2 Å². The van der Waals surface area contributed by atoms with E-state index in [-0.39, 0.29) is 0 Å². The predicted octanol–water partition coefficient (Wildman–Crippen LogP) is 2.83. The minimum atomic E-state index is -5.04. The highest BCUT2D eigenvalue weighted by atomic mass is 35.5. The number of rotatable bonds is 5. The van der Waals surface area contributed by atoms with Crippen molar-refractivity contribution in [3.63, 3.8) is 0 Å². The van der Waals surface area contributed by atoms with Gasteiger partial charge in [0.25, 0.3) is 0 Å². The van der Waals surface area contributed by atoms with Crippen LogP contribution < -0.4 is 0 Å². The predicted molar refractivity (Wildman–Crippen MR) is 62.3 cm³/mol. The van der Waals surface area contributed by atoms with Gasteiger partial charge in [0, 0.05) is 6.42 Å². The van der Waals surface area contributed by atoms with Crippen molar-refractivity contribution in [2.75, 3.05) is 14.2 Å². The van der Waals surface area contributed by atoms with Gasteiger partial charge in [-0.15, -0.1) is 11.6 Å². The van der Waals surface area contributed by atoms with Crippen LogP contribution in [0.2, 0.25) is 0 Å². The van der Waals surface area contributed by atoms with Crippen molar-refractivity contribution in [2.45, 2.75) is 28.2 Å². The molecule has 0 amide bonds. The molecule has 0 spiro atoms. The monoisotopic (exact) mass is 344 g/mol. The van der Waals surface area contributed by atoms with Crippen LogP contribution in [0.1, 0.15) is 12.8 Å². The van der Waals surface area contributed by atoms with Crippen LogP contribution in [-0.4, -0.2) is 41.5 Å². The summed E-state index contributed by atoms with van der Waals surface area (Å²) in [4.78, 5) is 20.2. The van der Waals surface area contributed by atoms with Crippen LogP contribution in [0, 0.1) is 0 Å². The van der Waals surface area contributed by atoms with Crippen molar-refractivity contribution in [3.05, 3.63) is 0 Å². The lowest BCUT2D eigenvalue weighted by atomic mass is 9.97. The molecule has 0 bridgehead atoms.